The van der Waals surface area contributed by atoms with Gasteiger partial charge in [-0.3, -0.25) is 0 Å². The number of anilines is 1. The lowest BCUT2D eigenvalue weighted by molar-refractivity contribution is 0.259. The van der Waals surface area contributed by atoms with Crippen LogP contribution in [-0.4, -0.2) is 13.1 Å². The zero-order valence-electron chi connectivity index (χ0n) is 9.10. The smallest absolute Gasteiger partial charge is 0.520 e. The monoisotopic (exact) mass is 230 g/mol. The number of urea groups is 1. The second-order valence-electron chi connectivity index (χ2n) is 3.53. The Morgan fingerprint density at radius 2 is 1.71 bits per heavy atom. The Labute approximate surface area is 99.0 Å². The van der Waals surface area contributed by atoms with E-state index < -0.39 is 13.1 Å². The van der Waals surface area contributed by atoms with E-state index in [1.54, 1.807) is 24.3 Å². The van der Waals surface area contributed by atoms with Crippen LogP contribution in [-0.2, 0) is 9.31 Å². The molecule has 17 heavy (non-hydrogen) atoms. The van der Waals surface area contributed by atoms with Gasteiger partial charge in [0, 0.05) is 11.2 Å². The van der Waals surface area contributed by atoms with Crippen molar-refractivity contribution >= 4 is 24.3 Å². The molecule has 1 aromatic rings. The SMILES string of the molecule is C=C1OB(c2ccc(NC(N)=O)cc2)OC1=C. The summed E-state index contributed by atoms with van der Waals surface area (Å²) in [5, 5.41) is 2.46. The molecule has 0 saturated carbocycles. The summed E-state index contributed by atoms with van der Waals surface area (Å²) >= 11 is 0. The van der Waals surface area contributed by atoms with Crippen LogP contribution < -0.4 is 16.5 Å². The maximum Gasteiger partial charge on any atom is 0.632 e. The van der Waals surface area contributed by atoms with E-state index in [0.717, 1.165) is 5.46 Å². The first kappa shape index (κ1) is 11.1. The van der Waals surface area contributed by atoms with Crippen molar-refractivity contribution in [2.75, 3.05) is 5.32 Å². The van der Waals surface area contributed by atoms with Gasteiger partial charge in [0.2, 0.25) is 0 Å². The van der Waals surface area contributed by atoms with E-state index in [2.05, 4.69) is 18.5 Å². The summed E-state index contributed by atoms with van der Waals surface area (Å²) < 4.78 is 10.7. The first-order valence-corrected chi connectivity index (χ1v) is 4.94. The van der Waals surface area contributed by atoms with Gasteiger partial charge in [-0.15, -0.1) is 0 Å². The highest BCUT2D eigenvalue weighted by atomic mass is 16.6. The molecule has 0 radical (unpaired) electrons. The van der Waals surface area contributed by atoms with Crippen molar-refractivity contribution in [3.8, 4) is 0 Å². The van der Waals surface area contributed by atoms with Crippen molar-refractivity contribution in [1.82, 2.24) is 0 Å². The van der Waals surface area contributed by atoms with Crippen LogP contribution >= 0.6 is 0 Å². The molecule has 0 aromatic heterocycles. The van der Waals surface area contributed by atoms with Crippen LogP contribution in [0.4, 0.5) is 10.5 Å². The number of rotatable bonds is 2. The molecule has 0 unspecified atom stereocenters. The molecular weight excluding hydrogens is 219 g/mol. The number of primary amides is 1. The fourth-order valence-corrected chi connectivity index (χ4v) is 1.42. The fourth-order valence-electron chi connectivity index (χ4n) is 1.42. The lowest BCUT2D eigenvalue weighted by Gasteiger charge is -2.05. The molecule has 0 aliphatic carbocycles. The van der Waals surface area contributed by atoms with Crippen molar-refractivity contribution in [2.24, 2.45) is 5.73 Å². The van der Waals surface area contributed by atoms with Gasteiger partial charge in [-0.05, 0) is 12.1 Å². The number of carbonyl (C=O) groups is 1. The molecule has 1 aromatic carbocycles. The van der Waals surface area contributed by atoms with Crippen LogP contribution in [0.15, 0.2) is 48.9 Å². The summed E-state index contributed by atoms with van der Waals surface area (Å²) in [4.78, 5) is 10.6. The molecule has 0 spiro atoms. The molecule has 1 fully saturated rings. The third kappa shape index (κ3) is 2.42. The topological polar surface area (TPSA) is 73.6 Å². The van der Waals surface area contributed by atoms with E-state index >= 15 is 0 Å². The average Bonchev–Trinajstić information content (AvgIpc) is 2.59. The minimum Gasteiger partial charge on any atom is -0.520 e. The van der Waals surface area contributed by atoms with E-state index in [1.807, 2.05) is 0 Å². The Morgan fingerprint density at radius 3 is 2.18 bits per heavy atom. The predicted octanol–water partition coefficient (Wildman–Crippen LogP) is 0.947. The van der Waals surface area contributed by atoms with Crippen LogP contribution in [0.5, 0.6) is 0 Å². The summed E-state index contributed by atoms with van der Waals surface area (Å²) in [5.74, 6) is 0.851. The number of benzene rings is 1. The quantitative estimate of drug-likeness (QED) is 0.742. The highest BCUT2D eigenvalue weighted by molar-refractivity contribution is 6.62. The first-order valence-electron chi connectivity index (χ1n) is 4.94. The number of hydrogen-bond acceptors (Lipinski definition) is 3. The third-order valence-corrected chi connectivity index (χ3v) is 2.26. The molecule has 86 valence electrons. The largest absolute Gasteiger partial charge is 0.632 e. The van der Waals surface area contributed by atoms with Crippen LogP contribution in [0.1, 0.15) is 0 Å². The zero-order valence-corrected chi connectivity index (χ0v) is 9.10. The maximum atomic E-state index is 10.6. The zero-order chi connectivity index (χ0) is 12.4. The molecule has 5 nitrogen and oxygen atoms in total. The number of hydrogen-bond donors (Lipinski definition) is 2. The molecule has 1 heterocycles. The Kier molecular flexibility index (Phi) is 2.78. The number of amides is 2. The van der Waals surface area contributed by atoms with Crippen molar-refractivity contribution in [3.05, 3.63) is 48.9 Å². The molecule has 0 atom stereocenters. The number of nitrogens with two attached hydrogens (primary N) is 1. The molecule has 1 saturated heterocycles. The van der Waals surface area contributed by atoms with Crippen molar-refractivity contribution in [3.63, 3.8) is 0 Å². The van der Waals surface area contributed by atoms with E-state index in [1.165, 1.54) is 0 Å². The summed E-state index contributed by atoms with van der Waals surface area (Å²) in [5.41, 5.74) is 6.41. The molecule has 3 N–H and O–H groups in total. The molecular formula is C11H11BN2O3. The molecule has 1 aliphatic rings. The molecule has 2 amide bonds. The Bertz CT molecular complexity index is 468. The number of nitrogens with one attached hydrogen (secondary N) is 1. The van der Waals surface area contributed by atoms with E-state index in [0.29, 0.717) is 17.2 Å². The lowest BCUT2D eigenvalue weighted by Crippen LogP contribution is -2.31. The normalized spacial score (nSPS) is 14.2. The van der Waals surface area contributed by atoms with Gasteiger partial charge in [0.1, 0.15) is 11.5 Å². The van der Waals surface area contributed by atoms with Crippen LogP contribution in [0.2, 0.25) is 0 Å². The van der Waals surface area contributed by atoms with E-state index in [9.17, 15) is 4.79 Å². The van der Waals surface area contributed by atoms with Crippen molar-refractivity contribution in [1.29, 1.82) is 0 Å². The van der Waals surface area contributed by atoms with Crippen molar-refractivity contribution < 1.29 is 14.1 Å². The van der Waals surface area contributed by atoms with Gasteiger partial charge in [-0.25, -0.2) is 4.79 Å². The molecule has 6 heteroatoms. The van der Waals surface area contributed by atoms with E-state index in [-0.39, 0.29) is 0 Å². The highest BCUT2D eigenvalue weighted by Gasteiger charge is 2.34. The van der Waals surface area contributed by atoms with Gasteiger partial charge in [0.05, 0.1) is 0 Å². The van der Waals surface area contributed by atoms with Crippen molar-refractivity contribution in [2.45, 2.75) is 0 Å². The average molecular weight is 230 g/mol. The van der Waals surface area contributed by atoms with Crippen LogP contribution in [0, 0.1) is 0 Å². The predicted molar refractivity (Wildman–Crippen MR) is 65.5 cm³/mol. The first-order chi connectivity index (χ1) is 8.06. The summed E-state index contributed by atoms with van der Waals surface area (Å²) in [6.07, 6.45) is 0. The molecule has 1 aliphatic heterocycles. The van der Waals surface area contributed by atoms with Crippen LogP contribution in [0.3, 0.4) is 0 Å². The standard InChI is InChI=1S/C11H11BN2O3/c1-7-8(2)17-12(16-7)9-3-5-10(6-4-9)14-11(13)15/h3-6H,1-2H2,(H3,13,14,15). The highest BCUT2D eigenvalue weighted by Crippen LogP contribution is 2.20. The van der Waals surface area contributed by atoms with Crippen LogP contribution in [0.25, 0.3) is 0 Å². The Balaban J connectivity index is 2.11. The minimum atomic E-state index is -0.604. The summed E-state index contributed by atoms with van der Waals surface area (Å²) in [7, 11) is -0.530. The van der Waals surface area contributed by atoms with Gasteiger partial charge in [0.15, 0.2) is 0 Å². The third-order valence-electron chi connectivity index (χ3n) is 2.26. The van der Waals surface area contributed by atoms with Gasteiger partial charge < -0.3 is 20.4 Å². The minimum absolute atomic E-state index is 0.425. The fraction of sp³-hybridized carbons (Fsp3) is 0. The molecule has 0 bridgehead atoms. The van der Waals surface area contributed by atoms with Gasteiger partial charge >= 0.3 is 13.1 Å². The van der Waals surface area contributed by atoms with Gasteiger partial charge in [-0.1, -0.05) is 25.3 Å². The maximum absolute atomic E-state index is 10.6. The van der Waals surface area contributed by atoms with Gasteiger partial charge in [0.25, 0.3) is 0 Å². The summed E-state index contributed by atoms with van der Waals surface area (Å²) in [6, 6.07) is 6.34. The second-order valence-corrected chi connectivity index (χ2v) is 3.53. The molecule has 2 rings (SSSR count). The number of carbonyl (C=O) groups excluding carboxylic acids is 1. The Hall–Kier alpha value is -2.37. The van der Waals surface area contributed by atoms with Gasteiger partial charge in [-0.2, -0.15) is 0 Å². The lowest BCUT2D eigenvalue weighted by atomic mass is 9.79. The summed E-state index contributed by atoms with van der Waals surface area (Å²) in [6.45, 7) is 7.30. The second kappa shape index (κ2) is 4.25. The van der Waals surface area contributed by atoms with E-state index in [4.69, 9.17) is 15.0 Å². The Morgan fingerprint density at radius 1 is 1.18 bits per heavy atom.